The third-order valence-electron chi connectivity index (χ3n) is 4.37. The minimum Gasteiger partial charge on any atom is -0.207 e. The third-order valence-corrected chi connectivity index (χ3v) is 7.25. The number of hydrogen-bond acceptors (Lipinski definition) is 3. The summed E-state index contributed by atoms with van der Waals surface area (Å²) < 4.78 is 27.4. The summed E-state index contributed by atoms with van der Waals surface area (Å²) in [5.41, 5.74) is 3.24. The average Bonchev–Trinajstić information content (AvgIpc) is 3.10. The van der Waals surface area contributed by atoms with Crippen LogP contribution in [0.3, 0.4) is 0 Å². The molecular weight excluding hydrogens is 338 g/mol. The Labute approximate surface area is 146 Å². The number of benzene rings is 2. The van der Waals surface area contributed by atoms with Crippen LogP contribution in [0.25, 0.3) is 11.1 Å². The highest BCUT2D eigenvalue weighted by atomic mass is 32.2. The Hall–Kier alpha value is -1.95. The van der Waals surface area contributed by atoms with E-state index >= 15 is 0 Å². The number of rotatable bonds is 3. The Kier molecular flexibility index (Phi) is 4.00. The zero-order valence-electron chi connectivity index (χ0n) is 13.1. The van der Waals surface area contributed by atoms with Gasteiger partial charge < -0.3 is 0 Å². The van der Waals surface area contributed by atoms with E-state index in [9.17, 15) is 8.42 Å². The van der Waals surface area contributed by atoms with E-state index < -0.39 is 10.0 Å². The van der Waals surface area contributed by atoms with E-state index in [-0.39, 0.29) is 0 Å². The van der Waals surface area contributed by atoms with Crippen LogP contribution in [0.4, 0.5) is 0 Å². The van der Waals surface area contributed by atoms with Crippen molar-refractivity contribution in [2.45, 2.75) is 17.9 Å². The minimum absolute atomic E-state index is 0.362. The first-order chi connectivity index (χ1) is 11.6. The lowest BCUT2D eigenvalue weighted by Crippen LogP contribution is -2.35. The molecular formula is C19H17NO2S2. The molecule has 0 aliphatic carbocycles. The van der Waals surface area contributed by atoms with E-state index in [1.54, 1.807) is 27.8 Å². The Bertz CT molecular complexity index is 945. The third kappa shape index (κ3) is 2.79. The maximum Gasteiger partial charge on any atom is 0.243 e. The second-order valence-electron chi connectivity index (χ2n) is 5.85. The van der Waals surface area contributed by atoms with Gasteiger partial charge in [-0.1, -0.05) is 42.5 Å². The van der Waals surface area contributed by atoms with Crippen LogP contribution in [-0.4, -0.2) is 19.3 Å². The summed E-state index contributed by atoms with van der Waals surface area (Å²) in [6.07, 6.45) is 0.800. The molecule has 122 valence electrons. The van der Waals surface area contributed by atoms with Gasteiger partial charge in [0.2, 0.25) is 10.0 Å². The second-order valence-corrected chi connectivity index (χ2v) is 8.79. The molecule has 1 aliphatic heterocycles. The molecule has 0 fully saturated rings. The topological polar surface area (TPSA) is 37.4 Å². The fourth-order valence-electron chi connectivity index (χ4n) is 3.03. The number of fused-ring (bicyclic) bond motifs is 1. The standard InChI is InChI=1S/C19H17NO2S2/c21-24(22,20-12-10-19-17(14-20)11-13-23-19)18-8-6-16(7-9-18)15-4-2-1-3-5-15/h1-9,11,13H,10,12,14H2. The Morgan fingerprint density at radius 3 is 2.33 bits per heavy atom. The smallest absolute Gasteiger partial charge is 0.207 e. The van der Waals surface area contributed by atoms with Gasteiger partial charge in [0, 0.05) is 18.0 Å². The van der Waals surface area contributed by atoms with Crippen molar-refractivity contribution in [3.8, 4) is 11.1 Å². The first-order valence-corrected chi connectivity index (χ1v) is 10.2. The van der Waals surface area contributed by atoms with Crippen LogP contribution in [0.5, 0.6) is 0 Å². The number of nitrogens with zero attached hydrogens (tertiary/aromatic N) is 1. The van der Waals surface area contributed by atoms with Crippen LogP contribution in [0.1, 0.15) is 10.4 Å². The van der Waals surface area contributed by atoms with Crippen LogP contribution in [0.15, 0.2) is 70.9 Å². The van der Waals surface area contributed by atoms with Crippen LogP contribution in [0.2, 0.25) is 0 Å². The van der Waals surface area contributed by atoms with Crippen molar-refractivity contribution in [2.75, 3.05) is 6.54 Å². The SMILES string of the molecule is O=S(=O)(c1ccc(-c2ccccc2)cc1)N1CCc2sccc2C1. The molecule has 0 spiro atoms. The zero-order chi connectivity index (χ0) is 16.6. The summed E-state index contributed by atoms with van der Waals surface area (Å²) >= 11 is 1.71. The first kappa shape index (κ1) is 15.6. The summed E-state index contributed by atoms with van der Waals surface area (Å²) in [4.78, 5) is 1.67. The Morgan fingerprint density at radius 1 is 0.875 bits per heavy atom. The van der Waals surface area contributed by atoms with Crippen LogP contribution >= 0.6 is 11.3 Å². The highest BCUT2D eigenvalue weighted by Gasteiger charge is 2.28. The molecule has 0 N–H and O–H groups in total. The van der Waals surface area contributed by atoms with Crippen molar-refractivity contribution in [1.82, 2.24) is 4.31 Å². The van der Waals surface area contributed by atoms with Crippen molar-refractivity contribution in [3.05, 3.63) is 76.5 Å². The Morgan fingerprint density at radius 2 is 1.58 bits per heavy atom. The number of sulfonamides is 1. The largest absolute Gasteiger partial charge is 0.243 e. The van der Waals surface area contributed by atoms with Crippen molar-refractivity contribution in [3.63, 3.8) is 0 Å². The lowest BCUT2D eigenvalue weighted by molar-refractivity contribution is 0.394. The van der Waals surface area contributed by atoms with Gasteiger partial charge in [-0.3, -0.25) is 0 Å². The lowest BCUT2D eigenvalue weighted by Gasteiger charge is -2.26. The molecule has 0 saturated heterocycles. The van der Waals surface area contributed by atoms with Gasteiger partial charge in [0.1, 0.15) is 0 Å². The molecule has 0 unspecified atom stereocenters. The van der Waals surface area contributed by atoms with E-state index in [1.165, 1.54) is 4.88 Å². The van der Waals surface area contributed by atoms with Crippen LogP contribution in [-0.2, 0) is 23.0 Å². The van der Waals surface area contributed by atoms with E-state index in [2.05, 4.69) is 0 Å². The molecule has 2 heterocycles. The van der Waals surface area contributed by atoms with Crippen LogP contribution < -0.4 is 0 Å². The van der Waals surface area contributed by atoms with Gasteiger partial charge in [-0.25, -0.2) is 8.42 Å². The van der Waals surface area contributed by atoms with Crippen molar-refractivity contribution >= 4 is 21.4 Å². The summed E-state index contributed by atoms with van der Waals surface area (Å²) in [6.45, 7) is 1.03. The van der Waals surface area contributed by atoms with Gasteiger partial charge in [0.05, 0.1) is 4.90 Å². The quantitative estimate of drug-likeness (QED) is 0.707. The molecule has 4 rings (SSSR count). The molecule has 0 atom stereocenters. The molecule has 3 nitrogen and oxygen atoms in total. The predicted octanol–water partition coefficient (Wildman–Crippen LogP) is 4.16. The summed E-state index contributed by atoms with van der Waals surface area (Å²) in [5, 5.41) is 2.04. The number of hydrogen-bond donors (Lipinski definition) is 0. The summed E-state index contributed by atoms with van der Waals surface area (Å²) in [5.74, 6) is 0. The average molecular weight is 355 g/mol. The summed E-state index contributed by atoms with van der Waals surface area (Å²) in [7, 11) is -3.44. The van der Waals surface area contributed by atoms with Crippen molar-refractivity contribution < 1.29 is 8.42 Å². The van der Waals surface area contributed by atoms with E-state index in [1.807, 2.05) is 53.9 Å². The molecule has 24 heavy (non-hydrogen) atoms. The molecule has 0 radical (unpaired) electrons. The first-order valence-electron chi connectivity index (χ1n) is 7.85. The van der Waals surface area contributed by atoms with Gasteiger partial charge in [-0.05, 0) is 46.7 Å². The molecule has 0 bridgehead atoms. The van der Waals surface area contributed by atoms with E-state index in [4.69, 9.17) is 0 Å². The molecule has 3 aromatic rings. The lowest BCUT2D eigenvalue weighted by atomic mass is 10.1. The fraction of sp³-hybridized carbons (Fsp3) is 0.158. The number of thiophene rings is 1. The molecule has 0 saturated carbocycles. The van der Waals surface area contributed by atoms with Gasteiger partial charge in [-0.2, -0.15) is 4.31 Å². The summed E-state index contributed by atoms with van der Waals surface area (Å²) in [6, 6.07) is 19.2. The highest BCUT2D eigenvalue weighted by Crippen LogP contribution is 2.29. The van der Waals surface area contributed by atoms with Gasteiger partial charge in [0.15, 0.2) is 0 Å². The molecule has 0 amide bonds. The van der Waals surface area contributed by atoms with Gasteiger partial charge in [-0.15, -0.1) is 11.3 Å². The predicted molar refractivity (Wildman–Crippen MR) is 97.5 cm³/mol. The maximum absolute atomic E-state index is 12.9. The zero-order valence-corrected chi connectivity index (χ0v) is 14.7. The Balaban J connectivity index is 1.61. The van der Waals surface area contributed by atoms with E-state index in [0.717, 1.165) is 23.1 Å². The van der Waals surface area contributed by atoms with Crippen molar-refractivity contribution in [2.24, 2.45) is 0 Å². The highest BCUT2D eigenvalue weighted by molar-refractivity contribution is 7.89. The van der Waals surface area contributed by atoms with Gasteiger partial charge >= 0.3 is 0 Å². The maximum atomic E-state index is 12.9. The minimum atomic E-state index is -3.44. The fourth-order valence-corrected chi connectivity index (χ4v) is 5.34. The normalized spacial score (nSPS) is 15.2. The van der Waals surface area contributed by atoms with Crippen molar-refractivity contribution in [1.29, 1.82) is 0 Å². The van der Waals surface area contributed by atoms with Crippen LogP contribution in [0, 0.1) is 0 Å². The van der Waals surface area contributed by atoms with E-state index in [0.29, 0.717) is 18.0 Å². The van der Waals surface area contributed by atoms with Gasteiger partial charge in [0.25, 0.3) is 0 Å². The molecule has 5 heteroatoms. The molecule has 1 aromatic heterocycles. The molecule has 1 aliphatic rings. The molecule has 2 aromatic carbocycles. The second kappa shape index (κ2) is 6.16. The monoisotopic (exact) mass is 355 g/mol.